The summed E-state index contributed by atoms with van der Waals surface area (Å²) >= 11 is 0. The summed E-state index contributed by atoms with van der Waals surface area (Å²) < 4.78 is 5.22. The van der Waals surface area contributed by atoms with Crippen molar-refractivity contribution in [3.8, 4) is 0 Å². The number of hydrogen-bond acceptors (Lipinski definition) is 3. The minimum absolute atomic E-state index is 0.655. The minimum atomic E-state index is 0.655. The maximum absolute atomic E-state index is 5.22. The fraction of sp³-hybridized carbons (Fsp3) is 1.00. The summed E-state index contributed by atoms with van der Waals surface area (Å²) in [4.78, 5) is 2.64. The van der Waals surface area contributed by atoms with Crippen LogP contribution in [0.2, 0.25) is 0 Å². The molecule has 1 N–H and O–H groups in total. The van der Waals surface area contributed by atoms with Gasteiger partial charge in [0.05, 0.1) is 6.61 Å². The van der Waals surface area contributed by atoms with E-state index in [4.69, 9.17) is 4.74 Å². The van der Waals surface area contributed by atoms with Crippen molar-refractivity contribution in [1.29, 1.82) is 0 Å². The van der Waals surface area contributed by atoms with Gasteiger partial charge in [0.2, 0.25) is 0 Å². The summed E-state index contributed by atoms with van der Waals surface area (Å²) in [6.45, 7) is 11.2. The second-order valence-corrected chi connectivity index (χ2v) is 5.38. The van der Waals surface area contributed by atoms with Gasteiger partial charge in [-0.05, 0) is 45.2 Å². The SMILES string of the molecule is CCCNCC(C)C(C)N(CCOC)C1CC1. The van der Waals surface area contributed by atoms with Crippen LogP contribution in [-0.2, 0) is 4.74 Å². The van der Waals surface area contributed by atoms with Gasteiger partial charge >= 0.3 is 0 Å². The Morgan fingerprint density at radius 2 is 2.06 bits per heavy atom. The van der Waals surface area contributed by atoms with Crippen LogP contribution in [-0.4, -0.2) is 50.3 Å². The average molecular weight is 242 g/mol. The zero-order valence-electron chi connectivity index (χ0n) is 12.0. The van der Waals surface area contributed by atoms with Crippen molar-refractivity contribution in [2.75, 3.05) is 33.4 Å². The van der Waals surface area contributed by atoms with Crippen LogP contribution in [0.3, 0.4) is 0 Å². The van der Waals surface area contributed by atoms with Gasteiger partial charge in [-0.2, -0.15) is 0 Å². The Morgan fingerprint density at radius 1 is 1.35 bits per heavy atom. The van der Waals surface area contributed by atoms with Gasteiger partial charge in [-0.1, -0.05) is 13.8 Å². The first-order chi connectivity index (χ1) is 8.20. The van der Waals surface area contributed by atoms with Gasteiger partial charge in [0, 0.05) is 25.7 Å². The van der Waals surface area contributed by atoms with Gasteiger partial charge in [0.1, 0.15) is 0 Å². The normalized spacial score (nSPS) is 19.6. The predicted molar refractivity (Wildman–Crippen MR) is 73.4 cm³/mol. The zero-order valence-corrected chi connectivity index (χ0v) is 12.0. The molecule has 0 saturated heterocycles. The van der Waals surface area contributed by atoms with Crippen LogP contribution in [0.1, 0.15) is 40.0 Å². The van der Waals surface area contributed by atoms with Crippen molar-refractivity contribution in [1.82, 2.24) is 10.2 Å². The third-order valence-electron chi connectivity index (χ3n) is 3.81. The summed E-state index contributed by atoms with van der Waals surface area (Å²) in [5.41, 5.74) is 0. The monoisotopic (exact) mass is 242 g/mol. The molecule has 17 heavy (non-hydrogen) atoms. The molecule has 3 heteroatoms. The Hall–Kier alpha value is -0.120. The molecule has 1 fully saturated rings. The highest BCUT2D eigenvalue weighted by Gasteiger charge is 2.33. The van der Waals surface area contributed by atoms with Crippen LogP contribution in [0.25, 0.3) is 0 Å². The molecular weight excluding hydrogens is 212 g/mol. The summed E-state index contributed by atoms with van der Waals surface area (Å²) in [5.74, 6) is 0.707. The second-order valence-electron chi connectivity index (χ2n) is 5.38. The average Bonchev–Trinajstić information content (AvgIpc) is 3.14. The van der Waals surface area contributed by atoms with E-state index in [1.807, 2.05) is 0 Å². The molecular formula is C14H30N2O. The smallest absolute Gasteiger partial charge is 0.0589 e. The lowest BCUT2D eigenvalue weighted by molar-refractivity contribution is 0.0976. The van der Waals surface area contributed by atoms with E-state index in [0.717, 1.165) is 32.3 Å². The third kappa shape index (κ3) is 5.36. The largest absolute Gasteiger partial charge is 0.383 e. The van der Waals surface area contributed by atoms with Crippen molar-refractivity contribution in [3.63, 3.8) is 0 Å². The number of ether oxygens (including phenoxy) is 1. The highest BCUT2D eigenvalue weighted by atomic mass is 16.5. The van der Waals surface area contributed by atoms with E-state index in [0.29, 0.717) is 12.0 Å². The van der Waals surface area contributed by atoms with Gasteiger partial charge in [-0.15, -0.1) is 0 Å². The summed E-state index contributed by atoms with van der Waals surface area (Å²) in [7, 11) is 1.79. The topological polar surface area (TPSA) is 24.5 Å². The van der Waals surface area contributed by atoms with E-state index < -0.39 is 0 Å². The maximum atomic E-state index is 5.22. The lowest BCUT2D eigenvalue weighted by atomic mass is 10.0. The van der Waals surface area contributed by atoms with Gasteiger partial charge in [0.15, 0.2) is 0 Å². The number of hydrogen-bond donors (Lipinski definition) is 1. The Bertz CT molecular complexity index is 195. The van der Waals surface area contributed by atoms with Crippen molar-refractivity contribution in [2.24, 2.45) is 5.92 Å². The van der Waals surface area contributed by atoms with Crippen LogP contribution < -0.4 is 5.32 Å². The first-order valence-corrected chi connectivity index (χ1v) is 7.16. The first kappa shape index (κ1) is 14.9. The second kappa shape index (κ2) is 8.06. The number of nitrogens with one attached hydrogen (secondary N) is 1. The summed E-state index contributed by atoms with van der Waals surface area (Å²) in [5, 5.41) is 3.53. The molecule has 0 spiro atoms. The quantitative estimate of drug-likeness (QED) is 0.594. The zero-order chi connectivity index (χ0) is 12.7. The standard InChI is InChI=1S/C14H30N2O/c1-5-8-15-11-12(2)13(3)16(9-10-17-4)14-6-7-14/h12-15H,5-11H2,1-4H3. The van der Waals surface area contributed by atoms with Crippen molar-refractivity contribution in [3.05, 3.63) is 0 Å². The predicted octanol–water partition coefficient (Wildman–Crippen LogP) is 2.12. The van der Waals surface area contributed by atoms with Crippen LogP contribution in [0.5, 0.6) is 0 Å². The molecule has 1 rings (SSSR count). The van der Waals surface area contributed by atoms with Gasteiger partial charge in [-0.3, -0.25) is 4.90 Å². The molecule has 0 aromatic carbocycles. The fourth-order valence-corrected chi connectivity index (χ4v) is 2.33. The van der Waals surface area contributed by atoms with E-state index >= 15 is 0 Å². The van der Waals surface area contributed by atoms with Crippen LogP contribution >= 0.6 is 0 Å². The number of rotatable bonds is 10. The molecule has 102 valence electrons. The van der Waals surface area contributed by atoms with Crippen molar-refractivity contribution in [2.45, 2.75) is 52.1 Å². The lowest BCUT2D eigenvalue weighted by Gasteiger charge is -2.33. The highest BCUT2D eigenvalue weighted by molar-refractivity contribution is 4.89. The molecule has 0 amide bonds. The molecule has 0 bridgehead atoms. The molecule has 0 aromatic heterocycles. The Balaban J connectivity index is 2.31. The minimum Gasteiger partial charge on any atom is -0.383 e. The lowest BCUT2D eigenvalue weighted by Crippen LogP contribution is -2.44. The first-order valence-electron chi connectivity index (χ1n) is 7.16. The van der Waals surface area contributed by atoms with Crippen LogP contribution in [0.4, 0.5) is 0 Å². The molecule has 0 aromatic rings. The van der Waals surface area contributed by atoms with E-state index in [1.54, 1.807) is 7.11 Å². The van der Waals surface area contributed by atoms with Crippen LogP contribution in [0, 0.1) is 5.92 Å². The third-order valence-corrected chi connectivity index (χ3v) is 3.81. The molecule has 1 aliphatic carbocycles. The van der Waals surface area contributed by atoms with Crippen LogP contribution in [0.15, 0.2) is 0 Å². The summed E-state index contributed by atoms with van der Waals surface area (Å²) in [6, 6.07) is 1.48. The molecule has 3 nitrogen and oxygen atoms in total. The number of nitrogens with zero attached hydrogens (tertiary/aromatic N) is 1. The van der Waals surface area contributed by atoms with E-state index in [9.17, 15) is 0 Å². The molecule has 0 aliphatic heterocycles. The van der Waals surface area contributed by atoms with Gasteiger partial charge in [0.25, 0.3) is 0 Å². The Morgan fingerprint density at radius 3 is 2.59 bits per heavy atom. The Labute approximate surface area is 107 Å². The van der Waals surface area contributed by atoms with E-state index in [-0.39, 0.29) is 0 Å². The highest BCUT2D eigenvalue weighted by Crippen LogP contribution is 2.30. The number of methoxy groups -OCH3 is 1. The molecule has 1 aliphatic rings. The molecule has 0 heterocycles. The van der Waals surface area contributed by atoms with E-state index in [1.165, 1.54) is 19.3 Å². The van der Waals surface area contributed by atoms with Crippen molar-refractivity contribution < 1.29 is 4.74 Å². The van der Waals surface area contributed by atoms with Gasteiger partial charge in [-0.25, -0.2) is 0 Å². The molecule has 1 saturated carbocycles. The Kier molecular flexibility index (Phi) is 7.09. The van der Waals surface area contributed by atoms with Crippen molar-refractivity contribution >= 4 is 0 Å². The van der Waals surface area contributed by atoms with Gasteiger partial charge < -0.3 is 10.1 Å². The summed E-state index contributed by atoms with van der Waals surface area (Å²) in [6.07, 6.45) is 3.98. The molecule has 2 unspecified atom stereocenters. The maximum Gasteiger partial charge on any atom is 0.0589 e. The van der Waals surface area contributed by atoms with E-state index in [2.05, 4.69) is 31.0 Å². The molecule has 2 atom stereocenters. The fourth-order valence-electron chi connectivity index (χ4n) is 2.33. The molecule has 0 radical (unpaired) electrons.